The fourth-order valence-electron chi connectivity index (χ4n) is 3.62. The Kier molecular flexibility index (Phi) is 10.5. The van der Waals surface area contributed by atoms with Crippen LogP contribution >= 0.6 is 0 Å². The van der Waals surface area contributed by atoms with Crippen LogP contribution in [0, 0.1) is 29.1 Å². The van der Waals surface area contributed by atoms with E-state index in [1.54, 1.807) is 26.0 Å². The second kappa shape index (κ2) is 12.0. The van der Waals surface area contributed by atoms with Gasteiger partial charge >= 0.3 is 5.97 Å². The third-order valence-electron chi connectivity index (χ3n) is 5.56. The molecule has 0 aliphatic heterocycles. The van der Waals surface area contributed by atoms with Crippen molar-refractivity contribution in [3.63, 3.8) is 0 Å². The number of carbonyl (C=O) groups excluding carboxylic acids is 2. The largest absolute Gasteiger partial charge is 0.469 e. The molecular formula is C23H36O5. The summed E-state index contributed by atoms with van der Waals surface area (Å²) in [6.07, 6.45) is 7.91. The quantitative estimate of drug-likeness (QED) is 0.258. The highest BCUT2D eigenvalue weighted by Crippen LogP contribution is 2.44. The van der Waals surface area contributed by atoms with Crippen LogP contribution in [0.2, 0.25) is 0 Å². The second-order valence-electron chi connectivity index (χ2n) is 8.15. The zero-order valence-corrected chi connectivity index (χ0v) is 17.7. The van der Waals surface area contributed by atoms with Gasteiger partial charge in [0, 0.05) is 31.1 Å². The van der Waals surface area contributed by atoms with Gasteiger partial charge in [-0.15, -0.1) is 11.8 Å². The van der Waals surface area contributed by atoms with Gasteiger partial charge in [-0.25, -0.2) is 0 Å². The Balaban J connectivity index is 2.69. The molecule has 0 aromatic carbocycles. The molecule has 0 radical (unpaired) electrons. The molecule has 0 bridgehead atoms. The van der Waals surface area contributed by atoms with Crippen molar-refractivity contribution in [3.05, 3.63) is 12.2 Å². The standard InChI is InChI=1S/C23H36O5/c1-5-6-9-12-17(24)15-16-19-18(21(26)23(2,3)22(19)27)13-10-7-8-11-14-20(25)28-4/h15-19,22,24,27H,5-6,8-9,11-14H2,1-4H3/t17-,18+,19-,22-/m0/s1. The molecule has 1 rings (SSSR count). The van der Waals surface area contributed by atoms with Gasteiger partial charge < -0.3 is 14.9 Å². The molecule has 0 spiro atoms. The summed E-state index contributed by atoms with van der Waals surface area (Å²) < 4.78 is 4.59. The maximum atomic E-state index is 12.8. The maximum absolute atomic E-state index is 12.8. The van der Waals surface area contributed by atoms with Crippen LogP contribution in [0.5, 0.6) is 0 Å². The number of rotatable bonds is 10. The van der Waals surface area contributed by atoms with E-state index in [0.29, 0.717) is 32.1 Å². The lowest BCUT2D eigenvalue weighted by molar-refractivity contribution is -0.140. The van der Waals surface area contributed by atoms with Crippen LogP contribution in [-0.4, -0.2) is 41.3 Å². The highest BCUT2D eigenvalue weighted by Gasteiger charge is 2.52. The summed E-state index contributed by atoms with van der Waals surface area (Å²) in [5.74, 6) is 5.09. The molecule has 1 fully saturated rings. The summed E-state index contributed by atoms with van der Waals surface area (Å²) in [7, 11) is 1.36. The molecule has 0 aromatic rings. The molecule has 4 atom stereocenters. The number of unbranched alkanes of at least 4 members (excludes halogenated alkanes) is 3. The van der Waals surface area contributed by atoms with Crippen molar-refractivity contribution in [3.8, 4) is 11.8 Å². The highest BCUT2D eigenvalue weighted by atomic mass is 16.5. The predicted molar refractivity (Wildman–Crippen MR) is 109 cm³/mol. The Bertz CT molecular complexity index is 596. The number of methoxy groups -OCH3 is 1. The molecular weight excluding hydrogens is 356 g/mol. The third kappa shape index (κ3) is 7.07. The molecule has 28 heavy (non-hydrogen) atoms. The topological polar surface area (TPSA) is 83.8 Å². The van der Waals surface area contributed by atoms with Gasteiger partial charge in [0.2, 0.25) is 0 Å². The van der Waals surface area contributed by atoms with Crippen LogP contribution in [0.1, 0.15) is 72.1 Å². The Morgan fingerprint density at radius 2 is 2.00 bits per heavy atom. The van der Waals surface area contributed by atoms with E-state index in [0.717, 1.165) is 19.3 Å². The van der Waals surface area contributed by atoms with Crippen LogP contribution in [0.15, 0.2) is 12.2 Å². The molecule has 1 aliphatic carbocycles. The zero-order valence-electron chi connectivity index (χ0n) is 17.7. The molecule has 0 aromatic heterocycles. The fraction of sp³-hybridized carbons (Fsp3) is 0.739. The first-order valence-electron chi connectivity index (χ1n) is 10.4. The number of ketones is 1. The van der Waals surface area contributed by atoms with Crippen LogP contribution in [0.4, 0.5) is 0 Å². The number of aliphatic hydroxyl groups excluding tert-OH is 2. The minimum absolute atomic E-state index is 0.0129. The van der Waals surface area contributed by atoms with Crippen molar-refractivity contribution in [1.29, 1.82) is 0 Å². The first kappa shape index (κ1) is 24.4. The minimum Gasteiger partial charge on any atom is -0.469 e. The van der Waals surface area contributed by atoms with Crippen molar-refractivity contribution in [2.45, 2.75) is 84.3 Å². The summed E-state index contributed by atoms with van der Waals surface area (Å²) in [4.78, 5) is 23.9. The molecule has 158 valence electrons. The van der Waals surface area contributed by atoms with Gasteiger partial charge in [0.25, 0.3) is 0 Å². The Morgan fingerprint density at radius 3 is 2.64 bits per heavy atom. The van der Waals surface area contributed by atoms with E-state index in [4.69, 9.17) is 0 Å². The number of hydrogen-bond acceptors (Lipinski definition) is 5. The summed E-state index contributed by atoms with van der Waals surface area (Å²) >= 11 is 0. The van der Waals surface area contributed by atoms with Crippen LogP contribution in [0.25, 0.3) is 0 Å². The Morgan fingerprint density at radius 1 is 1.29 bits per heavy atom. The molecule has 0 amide bonds. The molecule has 0 heterocycles. The lowest BCUT2D eigenvalue weighted by atomic mass is 9.86. The lowest BCUT2D eigenvalue weighted by Crippen LogP contribution is -2.31. The molecule has 5 heteroatoms. The number of esters is 1. The fourth-order valence-corrected chi connectivity index (χ4v) is 3.62. The van der Waals surface area contributed by atoms with Gasteiger partial charge in [0.1, 0.15) is 5.78 Å². The zero-order chi connectivity index (χ0) is 21.2. The number of Topliss-reactive ketones (excluding diaryl/α,β-unsaturated/α-hetero) is 1. The van der Waals surface area contributed by atoms with E-state index in [1.165, 1.54) is 7.11 Å². The van der Waals surface area contributed by atoms with Gasteiger partial charge in [-0.1, -0.05) is 52.2 Å². The molecule has 1 saturated carbocycles. The van der Waals surface area contributed by atoms with Crippen molar-refractivity contribution in [1.82, 2.24) is 0 Å². The molecule has 1 aliphatic rings. The summed E-state index contributed by atoms with van der Waals surface area (Å²) in [6.45, 7) is 5.65. The van der Waals surface area contributed by atoms with Gasteiger partial charge in [-0.3, -0.25) is 9.59 Å². The first-order chi connectivity index (χ1) is 13.3. The van der Waals surface area contributed by atoms with Crippen molar-refractivity contribution >= 4 is 11.8 Å². The van der Waals surface area contributed by atoms with E-state index in [2.05, 4.69) is 23.5 Å². The highest BCUT2D eigenvalue weighted by molar-refractivity contribution is 5.90. The van der Waals surface area contributed by atoms with Gasteiger partial charge in [-0.2, -0.15) is 0 Å². The average Bonchev–Trinajstić information content (AvgIpc) is 2.82. The number of aliphatic hydroxyl groups is 2. The molecule has 0 saturated heterocycles. The minimum atomic E-state index is -0.820. The monoisotopic (exact) mass is 392 g/mol. The van der Waals surface area contributed by atoms with E-state index in [1.807, 2.05) is 0 Å². The third-order valence-corrected chi connectivity index (χ3v) is 5.56. The van der Waals surface area contributed by atoms with Crippen LogP contribution in [0.3, 0.4) is 0 Å². The summed E-state index contributed by atoms with van der Waals surface area (Å²) in [5, 5.41) is 20.8. The van der Waals surface area contributed by atoms with Gasteiger partial charge in [-0.05, 0) is 12.8 Å². The van der Waals surface area contributed by atoms with Crippen LogP contribution < -0.4 is 0 Å². The van der Waals surface area contributed by atoms with E-state index in [-0.39, 0.29) is 23.6 Å². The van der Waals surface area contributed by atoms with E-state index in [9.17, 15) is 19.8 Å². The number of ether oxygens (including phenoxy) is 1. The van der Waals surface area contributed by atoms with Crippen molar-refractivity contribution < 1.29 is 24.5 Å². The summed E-state index contributed by atoms with van der Waals surface area (Å²) in [6, 6.07) is 0. The van der Waals surface area contributed by atoms with Crippen LogP contribution in [-0.2, 0) is 14.3 Å². The maximum Gasteiger partial charge on any atom is 0.305 e. The summed E-state index contributed by atoms with van der Waals surface area (Å²) in [5.41, 5.74) is -0.820. The predicted octanol–water partition coefficient (Wildman–Crippen LogP) is 3.42. The Labute approximate surface area is 169 Å². The number of carbonyl (C=O) groups is 2. The smallest absolute Gasteiger partial charge is 0.305 e. The molecule has 5 nitrogen and oxygen atoms in total. The average molecular weight is 393 g/mol. The van der Waals surface area contributed by atoms with Gasteiger partial charge in [0.15, 0.2) is 0 Å². The number of hydrogen-bond donors (Lipinski definition) is 2. The van der Waals surface area contributed by atoms with Crippen molar-refractivity contribution in [2.24, 2.45) is 17.3 Å². The Hall–Kier alpha value is -1.64. The second-order valence-corrected chi connectivity index (χ2v) is 8.15. The molecule has 2 N–H and O–H groups in total. The van der Waals surface area contributed by atoms with Gasteiger partial charge in [0.05, 0.1) is 24.7 Å². The van der Waals surface area contributed by atoms with E-state index >= 15 is 0 Å². The van der Waals surface area contributed by atoms with E-state index < -0.39 is 17.6 Å². The normalized spacial score (nSPS) is 24.8. The lowest BCUT2D eigenvalue weighted by Gasteiger charge is -2.22. The first-order valence-corrected chi connectivity index (χ1v) is 10.4. The molecule has 0 unspecified atom stereocenters. The SMILES string of the molecule is CCCCC[C@H](O)C=C[C@H]1[C@@H](CC#CCCCC(=O)OC)C(=O)C(C)(C)[C@H]1O. The van der Waals surface area contributed by atoms with Crippen molar-refractivity contribution in [2.75, 3.05) is 7.11 Å².